The van der Waals surface area contributed by atoms with Crippen LogP contribution in [0, 0.1) is 0 Å². The molecule has 1 aromatic carbocycles. The standard InChI is InChI=1S/C16H20O3/c1-15(2,3)9-7-8-10(16(4,5)6)13-11(9)12(17)14(18)19-13/h7-8H,1-6H3. The highest BCUT2D eigenvalue weighted by molar-refractivity contribution is 6.45. The minimum Gasteiger partial charge on any atom is -0.419 e. The summed E-state index contributed by atoms with van der Waals surface area (Å²) in [6.07, 6.45) is 0. The van der Waals surface area contributed by atoms with E-state index in [1.807, 2.05) is 53.7 Å². The maximum absolute atomic E-state index is 12.1. The van der Waals surface area contributed by atoms with Gasteiger partial charge in [-0.05, 0) is 16.4 Å². The summed E-state index contributed by atoms with van der Waals surface area (Å²) in [7, 11) is 0. The van der Waals surface area contributed by atoms with Crippen LogP contribution in [0.15, 0.2) is 12.1 Å². The topological polar surface area (TPSA) is 43.4 Å². The van der Waals surface area contributed by atoms with E-state index in [1.54, 1.807) is 0 Å². The molecule has 0 saturated carbocycles. The van der Waals surface area contributed by atoms with Gasteiger partial charge in [-0.1, -0.05) is 53.7 Å². The van der Waals surface area contributed by atoms with Gasteiger partial charge >= 0.3 is 5.97 Å². The Morgan fingerprint density at radius 1 is 0.842 bits per heavy atom. The van der Waals surface area contributed by atoms with Crippen LogP contribution in [0.3, 0.4) is 0 Å². The molecule has 3 heteroatoms. The number of Topliss-reactive ketones (excluding diaryl/α,β-unsaturated/α-hetero) is 1. The Balaban J connectivity index is 2.78. The van der Waals surface area contributed by atoms with Crippen LogP contribution in [0.1, 0.15) is 63.0 Å². The fourth-order valence-corrected chi connectivity index (χ4v) is 2.37. The fourth-order valence-electron chi connectivity index (χ4n) is 2.37. The number of hydrogen-bond donors (Lipinski definition) is 0. The zero-order valence-electron chi connectivity index (χ0n) is 12.4. The second-order valence-corrected chi connectivity index (χ2v) is 7.08. The number of carbonyl (C=O) groups excluding carboxylic acids is 2. The van der Waals surface area contributed by atoms with E-state index < -0.39 is 11.8 Å². The molecule has 0 amide bonds. The van der Waals surface area contributed by atoms with Gasteiger partial charge in [0.2, 0.25) is 0 Å². The summed E-state index contributed by atoms with van der Waals surface area (Å²) >= 11 is 0. The van der Waals surface area contributed by atoms with Crippen molar-refractivity contribution >= 4 is 11.8 Å². The molecule has 0 bridgehead atoms. The van der Waals surface area contributed by atoms with Gasteiger partial charge in [-0.3, -0.25) is 4.79 Å². The summed E-state index contributed by atoms with van der Waals surface area (Å²) in [5.74, 6) is -0.835. The zero-order valence-corrected chi connectivity index (χ0v) is 12.4. The molecule has 1 aliphatic heterocycles. The molecule has 0 atom stereocenters. The number of ketones is 1. The van der Waals surface area contributed by atoms with Crippen molar-refractivity contribution in [1.29, 1.82) is 0 Å². The van der Waals surface area contributed by atoms with Gasteiger partial charge < -0.3 is 4.74 Å². The number of carbonyl (C=O) groups is 2. The van der Waals surface area contributed by atoms with Gasteiger partial charge in [0.15, 0.2) is 0 Å². The lowest BCUT2D eigenvalue weighted by molar-refractivity contribution is -0.128. The van der Waals surface area contributed by atoms with Gasteiger partial charge in [0, 0.05) is 5.56 Å². The minimum atomic E-state index is -0.766. The third-order valence-electron chi connectivity index (χ3n) is 3.38. The molecule has 0 unspecified atom stereocenters. The molecule has 0 spiro atoms. The average Bonchev–Trinajstić information content (AvgIpc) is 2.51. The Morgan fingerprint density at radius 2 is 1.32 bits per heavy atom. The summed E-state index contributed by atoms with van der Waals surface area (Å²) in [4.78, 5) is 23.7. The number of ether oxygens (including phenoxy) is 1. The molecule has 1 aromatic rings. The van der Waals surface area contributed by atoms with Crippen molar-refractivity contribution in [2.45, 2.75) is 52.4 Å². The third kappa shape index (κ3) is 2.18. The lowest BCUT2D eigenvalue weighted by Gasteiger charge is -2.26. The van der Waals surface area contributed by atoms with Crippen LogP contribution in [0.25, 0.3) is 0 Å². The Morgan fingerprint density at radius 3 is 1.79 bits per heavy atom. The molecule has 0 aromatic heterocycles. The molecule has 102 valence electrons. The first-order chi connectivity index (χ1) is 8.53. The van der Waals surface area contributed by atoms with Crippen molar-refractivity contribution in [1.82, 2.24) is 0 Å². The molecular formula is C16H20O3. The summed E-state index contributed by atoms with van der Waals surface area (Å²) in [5, 5.41) is 0. The predicted octanol–water partition coefficient (Wildman–Crippen LogP) is 3.38. The SMILES string of the molecule is CC(C)(C)c1ccc(C(C)(C)C)c2c1OC(=O)C2=O. The van der Waals surface area contributed by atoms with E-state index in [2.05, 4.69) is 0 Å². The van der Waals surface area contributed by atoms with E-state index in [1.165, 1.54) is 0 Å². The van der Waals surface area contributed by atoms with Crippen LogP contribution in [0.5, 0.6) is 5.75 Å². The van der Waals surface area contributed by atoms with Gasteiger partial charge in [0.1, 0.15) is 5.75 Å². The Kier molecular flexibility index (Phi) is 2.85. The summed E-state index contributed by atoms with van der Waals surface area (Å²) in [5.41, 5.74) is 1.83. The van der Waals surface area contributed by atoms with Crippen molar-refractivity contribution in [3.8, 4) is 5.75 Å². The summed E-state index contributed by atoms with van der Waals surface area (Å²) < 4.78 is 5.22. The Labute approximate surface area is 114 Å². The number of benzene rings is 1. The van der Waals surface area contributed by atoms with Crippen molar-refractivity contribution in [3.63, 3.8) is 0 Å². The Hall–Kier alpha value is -1.64. The molecule has 0 N–H and O–H groups in total. The third-order valence-corrected chi connectivity index (χ3v) is 3.38. The number of rotatable bonds is 0. The summed E-state index contributed by atoms with van der Waals surface area (Å²) in [6.45, 7) is 12.2. The number of esters is 1. The molecule has 1 aliphatic rings. The molecule has 0 radical (unpaired) electrons. The molecule has 0 aliphatic carbocycles. The second kappa shape index (κ2) is 3.92. The van der Waals surface area contributed by atoms with Gasteiger partial charge in [0.25, 0.3) is 5.78 Å². The van der Waals surface area contributed by atoms with Crippen LogP contribution >= 0.6 is 0 Å². The first-order valence-electron chi connectivity index (χ1n) is 6.48. The second-order valence-electron chi connectivity index (χ2n) is 7.08. The van der Waals surface area contributed by atoms with Crippen molar-refractivity contribution in [2.24, 2.45) is 0 Å². The first-order valence-corrected chi connectivity index (χ1v) is 6.48. The van der Waals surface area contributed by atoms with E-state index >= 15 is 0 Å². The van der Waals surface area contributed by atoms with Crippen LogP contribution in [0.4, 0.5) is 0 Å². The molecule has 2 rings (SSSR count). The maximum Gasteiger partial charge on any atom is 0.385 e. The van der Waals surface area contributed by atoms with Crippen LogP contribution in [-0.4, -0.2) is 11.8 Å². The van der Waals surface area contributed by atoms with E-state index in [-0.39, 0.29) is 10.8 Å². The minimum absolute atomic E-state index is 0.175. The van der Waals surface area contributed by atoms with Crippen LogP contribution in [0.2, 0.25) is 0 Å². The first kappa shape index (κ1) is 13.8. The predicted molar refractivity (Wildman–Crippen MR) is 73.8 cm³/mol. The van der Waals surface area contributed by atoms with Crippen LogP contribution in [-0.2, 0) is 15.6 Å². The molecule has 0 fully saturated rings. The fraction of sp³-hybridized carbons (Fsp3) is 0.500. The largest absolute Gasteiger partial charge is 0.419 e. The lowest BCUT2D eigenvalue weighted by Crippen LogP contribution is -2.19. The van der Waals surface area contributed by atoms with Gasteiger partial charge in [-0.15, -0.1) is 0 Å². The zero-order chi connectivity index (χ0) is 14.6. The summed E-state index contributed by atoms with van der Waals surface area (Å²) in [6, 6.07) is 3.91. The number of hydrogen-bond acceptors (Lipinski definition) is 3. The highest BCUT2D eigenvalue weighted by Crippen LogP contribution is 2.42. The van der Waals surface area contributed by atoms with E-state index in [9.17, 15) is 9.59 Å². The van der Waals surface area contributed by atoms with E-state index in [4.69, 9.17) is 4.74 Å². The van der Waals surface area contributed by atoms with Gasteiger partial charge in [-0.25, -0.2) is 4.79 Å². The quantitative estimate of drug-likeness (QED) is 0.408. The van der Waals surface area contributed by atoms with Crippen molar-refractivity contribution in [2.75, 3.05) is 0 Å². The van der Waals surface area contributed by atoms with Gasteiger partial charge in [0.05, 0.1) is 5.56 Å². The highest BCUT2D eigenvalue weighted by Gasteiger charge is 2.39. The molecule has 0 saturated heterocycles. The normalized spacial score (nSPS) is 15.5. The average molecular weight is 260 g/mol. The van der Waals surface area contributed by atoms with Gasteiger partial charge in [-0.2, -0.15) is 0 Å². The molecule has 1 heterocycles. The highest BCUT2D eigenvalue weighted by atomic mass is 16.5. The van der Waals surface area contributed by atoms with E-state index in [0.29, 0.717) is 11.3 Å². The lowest BCUT2D eigenvalue weighted by atomic mass is 9.78. The van der Waals surface area contributed by atoms with Crippen molar-refractivity contribution < 1.29 is 14.3 Å². The maximum atomic E-state index is 12.1. The molecular weight excluding hydrogens is 240 g/mol. The Bertz CT molecular complexity index is 569. The smallest absolute Gasteiger partial charge is 0.385 e. The molecule has 19 heavy (non-hydrogen) atoms. The monoisotopic (exact) mass is 260 g/mol. The van der Waals surface area contributed by atoms with E-state index in [0.717, 1.165) is 11.1 Å². The van der Waals surface area contributed by atoms with Crippen LogP contribution < -0.4 is 4.74 Å². The van der Waals surface area contributed by atoms with Crippen molar-refractivity contribution in [3.05, 3.63) is 28.8 Å². The number of fused-ring (bicyclic) bond motifs is 1. The molecule has 3 nitrogen and oxygen atoms in total.